The Bertz CT molecular complexity index is 629. The molecule has 1 fully saturated rings. The molecule has 1 aliphatic carbocycles. The molecule has 1 aliphatic rings. The first-order valence-electron chi connectivity index (χ1n) is 6.53. The molecular weight excluding hydrogens is 258 g/mol. The predicted octanol–water partition coefficient (Wildman–Crippen LogP) is 3.95. The van der Waals surface area contributed by atoms with Crippen LogP contribution in [0.5, 0.6) is 0 Å². The van der Waals surface area contributed by atoms with Crippen molar-refractivity contribution >= 4 is 17.3 Å². The Hall–Kier alpha value is -1.68. The van der Waals surface area contributed by atoms with Crippen molar-refractivity contribution in [2.24, 2.45) is 0 Å². The van der Waals surface area contributed by atoms with E-state index < -0.39 is 5.97 Å². The van der Waals surface area contributed by atoms with E-state index in [2.05, 4.69) is 17.1 Å². The number of benzene rings is 1. The maximum atomic E-state index is 11.2. The van der Waals surface area contributed by atoms with E-state index in [0.29, 0.717) is 22.9 Å². The van der Waals surface area contributed by atoms with Gasteiger partial charge in [-0.1, -0.05) is 31.2 Å². The Morgan fingerprint density at radius 2 is 2.16 bits per heavy atom. The first kappa shape index (κ1) is 12.4. The van der Waals surface area contributed by atoms with Crippen molar-refractivity contribution < 1.29 is 9.90 Å². The lowest BCUT2D eigenvalue weighted by atomic mass is 10.0. The average molecular weight is 273 g/mol. The van der Waals surface area contributed by atoms with Gasteiger partial charge in [0.1, 0.15) is 9.88 Å². The summed E-state index contributed by atoms with van der Waals surface area (Å²) in [7, 11) is 0. The van der Waals surface area contributed by atoms with Gasteiger partial charge in [-0.05, 0) is 30.7 Å². The number of thiazole rings is 1. The van der Waals surface area contributed by atoms with Gasteiger partial charge >= 0.3 is 5.97 Å². The number of aryl methyl sites for hydroxylation is 1. The number of hydrogen-bond acceptors (Lipinski definition) is 3. The summed E-state index contributed by atoms with van der Waals surface area (Å²) >= 11 is 1.29. The van der Waals surface area contributed by atoms with Gasteiger partial charge in [0.25, 0.3) is 0 Å². The Morgan fingerprint density at radius 1 is 1.42 bits per heavy atom. The average Bonchev–Trinajstić information content (AvgIpc) is 3.17. The minimum atomic E-state index is -0.871. The fourth-order valence-corrected chi connectivity index (χ4v) is 3.36. The van der Waals surface area contributed by atoms with Crippen LogP contribution >= 0.6 is 11.3 Å². The highest BCUT2D eigenvalue weighted by Crippen LogP contribution is 2.45. The van der Waals surface area contributed by atoms with E-state index in [0.717, 1.165) is 10.6 Å². The predicted molar refractivity (Wildman–Crippen MR) is 75.9 cm³/mol. The minimum Gasteiger partial charge on any atom is -0.477 e. The molecule has 0 radical (unpaired) electrons. The van der Waals surface area contributed by atoms with Crippen LogP contribution < -0.4 is 0 Å². The molecule has 0 unspecified atom stereocenters. The standard InChI is InChI=1S/C15H15NO2S/c1-2-12-13(15(17)18)19-14(16-12)11-6-4-3-5-10(11)9-7-8-9/h3-6,9H,2,7-8H2,1H3,(H,17,18). The zero-order valence-corrected chi connectivity index (χ0v) is 11.5. The van der Waals surface area contributed by atoms with Crippen molar-refractivity contribution in [3.8, 4) is 10.6 Å². The van der Waals surface area contributed by atoms with Crippen LogP contribution in [0.1, 0.15) is 46.6 Å². The highest BCUT2D eigenvalue weighted by molar-refractivity contribution is 7.17. The van der Waals surface area contributed by atoms with E-state index in [1.807, 2.05) is 19.1 Å². The molecule has 19 heavy (non-hydrogen) atoms. The van der Waals surface area contributed by atoms with Crippen molar-refractivity contribution in [3.63, 3.8) is 0 Å². The number of hydrogen-bond donors (Lipinski definition) is 1. The fraction of sp³-hybridized carbons (Fsp3) is 0.333. The summed E-state index contributed by atoms with van der Waals surface area (Å²) in [5.74, 6) is -0.233. The maximum absolute atomic E-state index is 11.2. The van der Waals surface area contributed by atoms with Gasteiger partial charge in [0.05, 0.1) is 5.69 Å². The van der Waals surface area contributed by atoms with Gasteiger partial charge in [-0.3, -0.25) is 0 Å². The summed E-state index contributed by atoms with van der Waals surface area (Å²) in [6, 6.07) is 8.23. The van der Waals surface area contributed by atoms with Crippen molar-refractivity contribution in [1.29, 1.82) is 0 Å². The summed E-state index contributed by atoms with van der Waals surface area (Å²) < 4.78 is 0. The number of carboxylic acids is 1. The molecule has 2 aromatic rings. The maximum Gasteiger partial charge on any atom is 0.347 e. The Balaban J connectivity index is 2.09. The molecule has 1 N–H and O–H groups in total. The molecule has 0 saturated heterocycles. The SMILES string of the molecule is CCc1nc(-c2ccccc2C2CC2)sc1C(=O)O. The summed E-state index contributed by atoms with van der Waals surface area (Å²) in [6.07, 6.45) is 3.12. The Labute approximate surface area is 115 Å². The summed E-state index contributed by atoms with van der Waals surface area (Å²) in [6.45, 7) is 1.94. The second-order valence-corrected chi connectivity index (χ2v) is 5.81. The largest absolute Gasteiger partial charge is 0.477 e. The summed E-state index contributed by atoms with van der Waals surface area (Å²) in [4.78, 5) is 16.1. The van der Waals surface area contributed by atoms with Gasteiger partial charge in [-0.15, -0.1) is 11.3 Å². The van der Waals surface area contributed by atoms with E-state index in [1.165, 1.54) is 29.7 Å². The van der Waals surface area contributed by atoms with Crippen molar-refractivity contribution in [2.45, 2.75) is 32.1 Å². The second kappa shape index (κ2) is 4.78. The third-order valence-electron chi connectivity index (χ3n) is 3.43. The van der Waals surface area contributed by atoms with Crippen LogP contribution in [-0.2, 0) is 6.42 Å². The molecule has 1 saturated carbocycles. The van der Waals surface area contributed by atoms with Gasteiger partial charge in [0.15, 0.2) is 0 Å². The van der Waals surface area contributed by atoms with Crippen LogP contribution in [0.2, 0.25) is 0 Å². The number of carbonyl (C=O) groups is 1. The number of aromatic carboxylic acids is 1. The van der Waals surface area contributed by atoms with Crippen LogP contribution in [0, 0.1) is 0 Å². The second-order valence-electron chi connectivity index (χ2n) is 4.82. The summed E-state index contributed by atoms with van der Waals surface area (Å²) in [5.41, 5.74) is 3.12. The molecule has 0 amide bonds. The highest BCUT2D eigenvalue weighted by atomic mass is 32.1. The number of aromatic nitrogens is 1. The lowest BCUT2D eigenvalue weighted by molar-refractivity contribution is 0.0701. The van der Waals surface area contributed by atoms with Crippen LogP contribution in [-0.4, -0.2) is 16.1 Å². The normalized spacial score (nSPS) is 14.6. The van der Waals surface area contributed by atoms with E-state index in [4.69, 9.17) is 0 Å². The Morgan fingerprint density at radius 3 is 2.74 bits per heavy atom. The number of carboxylic acid groups (broad SMARTS) is 1. The van der Waals surface area contributed by atoms with Gasteiger partial charge in [-0.25, -0.2) is 9.78 Å². The minimum absolute atomic E-state index is 0.378. The van der Waals surface area contributed by atoms with Crippen LogP contribution in [0.4, 0.5) is 0 Å². The third-order valence-corrected chi connectivity index (χ3v) is 4.55. The number of rotatable bonds is 4. The molecule has 1 heterocycles. The smallest absolute Gasteiger partial charge is 0.347 e. The van der Waals surface area contributed by atoms with Gasteiger partial charge in [0.2, 0.25) is 0 Å². The van der Waals surface area contributed by atoms with Crippen LogP contribution in [0.15, 0.2) is 24.3 Å². The van der Waals surface area contributed by atoms with E-state index in [9.17, 15) is 9.90 Å². The molecular formula is C15H15NO2S. The Kier molecular flexibility index (Phi) is 3.11. The molecule has 1 aromatic carbocycles. The number of nitrogens with zero attached hydrogens (tertiary/aromatic N) is 1. The molecule has 0 spiro atoms. The molecule has 4 heteroatoms. The van der Waals surface area contributed by atoms with Crippen molar-refractivity contribution in [3.05, 3.63) is 40.4 Å². The van der Waals surface area contributed by atoms with E-state index >= 15 is 0 Å². The highest BCUT2D eigenvalue weighted by Gasteiger charge is 2.27. The zero-order chi connectivity index (χ0) is 13.4. The van der Waals surface area contributed by atoms with E-state index in [-0.39, 0.29) is 0 Å². The van der Waals surface area contributed by atoms with Crippen LogP contribution in [0.25, 0.3) is 10.6 Å². The first-order chi connectivity index (χ1) is 9.20. The topological polar surface area (TPSA) is 50.2 Å². The fourth-order valence-electron chi connectivity index (χ4n) is 2.32. The van der Waals surface area contributed by atoms with Gasteiger partial charge in [-0.2, -0.15) is 0 Å². The molecule has 0 aliphatic heterocycles. The third kappa shape index (κ3) is 2.28. The van der Waals surface area contributed by atoms with Crippen molar-refractivity contribution in [2.75, 3.05) is 0 Å². The summed E-state index contributed by atoms with van der Waals surface area (Å²) in [5, 5.41) is 10.1. The van der Waals surface area contributed by atoms with E-state index in [1.54, 1.807) is 0 Å². The van der Waals surface area contributed by atoms with Crippen molar-refractivity contribution in [1.82, 2.24) is 4.98 Å². The molecule has 98 valence electrons. The molecule has 3 rings (SSSR count). The lowest BCUT2D eigenvalue weighted by Gasteiger charge is -2.04. The van der Waals surface area contributed by atoms with Gasteiger partial charge in [0, 0.05) is 5.56 Å². The monoisotopic (exact) mass is 273 g/mol. The molecule has 0 bridgehead atoms. The molecule has 1 aromatic heterocycles. The molecule has 3 nitrogen and oxygen atoms in total. The zero-order valence-electron chi connectivity index (χ0n) is 10.7. The van der Waals surface area contributed by atoms with Gasteiger partial charge < -0.3 is 5.11 Å². The van der Waals surface area contributed by atoms with Crippen LogP contribution in [0.3, 0.4) is 0 Å². The first-order valence-corrected chi connectivity index (χ1v) is 7.34. The molecule has 0 atom stereocenters. The quantitative estimate of drug-likeness (QED) is 0.917. The lowest BCUT2D eigenvalue weighted by Crippen LogP contribution is -1.97.